The van der Waals surface area contributed by atoms with Crippen molar-refractivity contribution >= 4 is 41.1 Å². The van der Waals surface area contributed by atoms with Gasteiger partial charge in [0.25, 0.3) is 0 Å². The molecule has 1 aliphatic heterocycles. The Morgan fingerprint density at radius 1 is 0.963 bits per heavy atom. The van der Waals surface area contributed by atoms with Crippen molar-refractivity contribution in [1.29, 1.82) is 0 Å². The Balaban J connectivity index is 2.01. The van der Waals surface area contributed by atoms with Gasteiger partial charge < -0.3 is 18.9 Å². The molecular formula is C19H15Cl2NO5. The van der Waals surface area contributed by atoms with Crippen molar-refractivity contribution in [3.8, 4) is 17.2 Å². The Hall–Kier alpha value is -2.70. The highest BCUT2D eigenvalue weighted by Crippen LogP contribution is 2.39. The number of nitrogens with zero attached hydrogens (tertiary/aromatic N) is 1. The molecule has 0 saturated carbocycles. The van der Waals surface area contributed by atoms with Crippen molar-refractivity contribution < 1.29 is 23.7 Å². The van der Waals surface area contributed by atoms with Gasteiger partial charge in [-0.05, 0) is 35.9 Å². The Morgan fingerprint density at radius 2 is 1.63 bits per heavy atom. The molecule has 2 aromatic carbocycles. The van der Waals surface area contributed by atoms with Gasteiger partial charge in [-0.3, -0.25) is 0 Å². The second-order valence-corrected chi connectivity index (χ2v) is 6.24. The number of hydrogen-bond acceptors (Lipinski definition) is 6. The highest BCUT2D eigenvalue weighted by molar-refractivity contribution is 6.42. The average Bonchev–Trinajstić information content (AvgIpc) is 3.03. The van der Waals surface area contributed by atoms with Crippen LogP contribution in [-0.4, -0.2) is 33.2 Å². The minimum absolute atomic E-state index is 0.130. The molecule has 0 amide bonds. The smallest absolute Gasteiger partial charge is 0.363 e. The van der Waals surface area contributed by atoms with E-state index in [1.807, 2.05) is 0 Å². The first-order chi connectivity index (χ1) is 13.0. The summed E-state index contributed by atoms with van der Waals surface area (Å²) in [6, 6.07) is 8.30. The van der Waals surface area contributed by atoms with Gasteiger partial charge in [0.15, 0.2) is 17.2 Å². The van der Waals surface area contributed by atoms with E-state index in [0.717, 1.165) is 0 Å². The van der Waals surface area contributed by atoms with Crippen molar-refractivity contribution in [1.82, 2.24) is 0 Å². The minimum Gasteiger partial charge on any atom is -0.493 e. The number of halogens is 2. The van der Waals surface area contributed by atoms with E-state index in [2.05, 4.69) is 4.99 Å². The van der Waals surface area contributed by atoms with Crippen LogP contribution in [-0.2, 0) is 9.53 Å². The number of benzene rings is 2. The molecule has 0 unspecified atom stereocenters. The van der Waals surface area contributed by atoms with E-state index in [1.165, 1.54) is 21.3 Å². The number of rotatable bonds is 5. The fourth-order valence-electron chi connectivity index (χ4n) is 2.50. The van der Waals surface area contributed by atoms with Crippen LogP contribution >= 0.6 is 23.2 Å². The number of aliphatic imine (C=N–C) groups is 1. The van der Waals surface area contributed by atoms with Gasteiger partial charge in [-0.25, -0.2) is 9.79 Å². The Labute approximate surface area is 165 Å². The number of methoxy groups -OCH3 is 3. The number of carbonyl (C=O) groups is 1. The lowest BCUT2D eigenvalue weighted by molar-refractivity contribution is -0.129. The van der Waals surface area contributed by atoms with Crippen LogP contribution in [0.1, 0.15) is 11.1 Å². The van der Waals surface area contributed by atoms with Crippen molar-refractivity contribution in [2.45, 2.75) is 0 Å². The standard InChI is InChI=1S/C19H15Cl2NO5/c1-24-15-8-11(9-16(25-2)17(15)26-3)18-22-14(19(23)27-18)7-10-4-5-12(20)13(21)6-10/h4-9H,1-3H3/b14-7-. The predicted octanol–water partition coefficient (Wildman–Crippen LogP) is 4.36. The second-order valence-electron chi connectivity index (χ2n) is 5.42. The monoisotopic (exact) mass is 407 g/mol. The van der Waals surface area contributed by atoms with E-state index in [4.69, 9.17) is 42.1 Å². The topological polar surface area (TPSA) is 66.4 Å². The van der Waals surface area contributed by atoms with Crippen LogP contribution in [0, 0.1) is 0 Å². The minimum atomic E-state index is -0.579. The molecule has 0 aliphatic carbocycles. The zero-order valence-corrected chi connectivity index (χ0v) is 16.2. The SMILES string of the molecule is COc1cc(C2=N/C(=C\c3ccc(Cl)c(Cl)c3)C(=O)O2)cc(OC)c1OC. The first kappa shape index (κ1) is 19.1. The molecule has 27 heavy (non-hydrogen) atoms. The third-order valence-electron chi connectivity index (χ3n) is 3.78. The van der Waals surface area contributed by atoms with Gasteiger partial charge in [-0.1, -0.05) is 29.3 Å². The van der Waals surface area contributed by atoms with Crippen molar-refractivity contribution in [3.05, 3.63) is 57.2 Å². The molecule has 2 aromatic rings. The van der Waals surface area contributed by atoms with Gasteiger partial charge in [0.2, 0.25) is 11.6 Å². The van der Waals surface area contributed by atoms with Gasteiger partial charge in [0.05, 0.1) is 31.4 Å². The van der Waals surface area contributed by atoms with Crippen LogP contribution in [0.4, 0.5) is 0 Å². The largest absolute Gasteiger partial charge is 0.493 e. The zero-order chi connectivity index (χ0) is 19.6. The van der Waals surface area contributed by atoms with E-state index in [-0.39, 0.29) is 11.6 Å². The van der Waals surface area contributed by atoms with Crippen LogP contribution in [0.15, 0.2) is 41.0 Å². The first-order valence-corrected chi connectivity index (χ1v) is 8.50. The maximum Gasteiger partial charge on any atom is 0.363 e. The maximum atomic E-state index is 12.2. The van der Waals surface area contributed by atoms with Crippen LogP contribution < -0.4 is 14.2 Å². The summed E-state index contributed by atoms with van der Waals surface area (Å²) in [5, 5.41) is 0.806. The van der Waals surface area contributed by atoms with Crippen molar-refractivity contribution in [3.63, 3.8) is 0 Å². The fraction of sp³-hybridized carbons (Fsp3) is 0.158. The van der Waals surface area contributed by atoms with E-state index in [1.54, 1.807) is 36.4 Å². The molecule has 0 bridgehead atoms. The fourth-order valence-corrected chi connectivity index (χ4v) is 2.80. The zero-order valence-electron chi connectivity index (χ0n) is 14.7. The van der Waals surface area contributed by atoms with Crippen LogP contribution in [0.3, 0.4) is 0 Å². The number of cyclic esters (lactones) is 1. The quantitative estimate of drug-likeness (QED) is 0.543. The van der Waals surface area contributed by atoms with Gasteiger partial charge in [-0.2, -0.15) is 0 Å². The van der Waals surface area contributed by atoms with E-state index in [0.29, 0.717) is 38.4 Å². The van der Waals surface area contributed by atoms with Gasteiger partial charge in [-0.15, -0.1) is 0 Å². The predicted molar refractivity (Wildman–Crippen MR) is 103 cm³/mol. The highest BCUT2D eigenvalue weighted by Gasteiger charge is 2.26. The maximum absolute atomic E-state index is 12.2. The third-order valence-corrected chi connectivity index (χ3v) is 4.52. The summed E-state index contributed by atoms with van der Waals surface area (Å²) >= 11 is 11.9. The molecule has 0 atom stereocenters. The van der Waals surface area contributed by atoms with Gasteiger partial charge in [0.1, 0.15) is 0 Å². The molecule has 8 heteroatoms. The highest BCUT2D eigenvalue weighted by atomic mass is 35.5. The normalized spacial score (nSPS) is 14.8. The Kier molecular flexibility index (Phi) is 5.58. The molecule has 3 rings (SSSR count). The van der Waals surface area contributed by atoms with Gasteiger partial charge in [0, 0.05) is 5.56 Å². The van der Waals surface area contributed by atoms with E-state index in [9.17, 15) is 4.79 Å². The van der Waals surface area contributed by atoms with Crippen LogP contribution in [0.2, 0.25) is 10.0 Å². The third kappa shape index (κ3) is 3.86. The summed E-state index contributed by atoms with van der Waals surface area (Å²) in [5.74, 6) is 0.829. The summed E-state index contributed by atoms with van der Waals surface area (Å²) in [6.07, 6.45) is 1.57. The lowest BCUT2D eigenvalue weighted by Gasteiger charge is -2.13. The molecule has 0 N–H and O–H groups in total. The molecule has 1 aliphatic rings. The molecule has 0 aromatic heterocycles. The summed E-state index contributed by atoms with van der Waals surface area (Å²) in [5.41, 5.74) is 1.32. The lowest BCUT2D eigenvalue weighted by atomic mass is 10.1. The molecule has 1 heterocycles. The van der Waals surface area contributed by atoms with E-state index < -0.39 is 5.97 Å². The number of hydrogen-bond donors (Lipinski definition) is 0. The first-order valence-electron chi connectivity index (χ1n) is 7.74. The van der Waals surface area contributed by atoms with E-state index >= 15 is 0 Å². The number of esters is 1. The summed E-state index contributed by atoms with van der Waals surface area (Å²) in [6.45, 7) is 0. The molecule has 140 valence electrons. The number of carbonyl (C=O) groups excluding carboxylic acids is 1. The van der Waals surface area contributed by atoms with Crippen molar-refractivity contribution in [2.24, 2.45) is 4.99 Å². The molecule has 0 saturated heterocycles. The van der Waals surface area contributed by atoms with Crippen LogP contribution in [0.5, 0.6) is 17.2 Å². The number of ether oxygens (including phenoxy) is 4. The molecule has 0 spiro atoms. The summed E-state index contributed by atoms with van der Waals surface area (Å²) in [7, 11) is 4.50. The molecular weight excluding hydrogens is 393 g/mol. The lowest BCUT2D eigenvalue weighted by Crippen LogP contribution is -2.06. The average molecular weight is 408 g/mol. The summed E-state index contributed by atoms with van der Waals surface area (Å²) in [4.78, 5) is 16.5. The van der Waals surface area contributed by atoms with Gasteiger partial charge >= 0.3 is 5.97 Å². The Morgan fingerprint density at radius 3 is 2.19 bits per heavy atom. The van der Waals surface area contributed by atoms with Crippen molar-refractivity contribution in [2.75, 3.05) is 21.3 Å². The van der Waals surface area contributed by atoms with Crippen LogP contribution in [0.25, 0.3) is 6.08 Å². The molecule has 0 radical (unpaired) electrons. The Bertz CT molecular complexity index is 944. The molecule has 0 fully saturated rings. The molecule has 6 nitrogen and oxygen atoms in total. The second kappa shape index (κ2) is 7.90. The summed E-state index contributed by atoms with van der Waals surface area (Å²) < 4.78 is 21.2.